The molecule has 0 atom stereocenters. The lowest BCUT2D eigenvalue weighted by atomic mass is 10.1. The van der Waals surface area contributed by atoms with Gasteiger partial charge in [-0.15, -0.1) is 0 Å². The van der Waals surface area contributed by atoms with Crippen molar-refractivity contribution in [1.82, 2.24) is 15.5 Å². The van der Waals surface area contributed by atoms with Gasteiger partial charge in [-0.2, -0.15) is 5.10 Å². The summed E-state index contributed by atoms with van der Waals surface area (Å²) >= 11 is 0. The van der Waals surface area contributed by atoms with Gasteiger partial charge in [0, 0.05) is 29.9 Å². The van der Waals surface area contributed by atoms with Crippen molar-refractivity contribution in [3.63, 3.8) is 0 Å². The van der Waals surface area contributed by atoms with E-state index < -0.39 is 15.0 Å². The van der Waals surface area contributed by atoms with Gasteiger partial charge in [-0.05, 0) is 19.3 Å². The van der Waals surface area contributed by atoms with Crippen LogP contribution in [0.4, 0.5) is 0 Å². The van der Waals surface area contributed by atoms with Crippen LogP contribution in [0.1, 0.15) is 42.4 Å². The molecule has 21 heavy (non-hydrogen) atoms. The molecule has 2 N–H and O–H groups in total. The summed E-state index contributed by atoms with van der Waals surface area (Å²) < 4.78 is 28.6. The smallest absolute Gasteiger partial charge is 0.273 e. The van der Waals surface area contributed by atoms with Crippen LogP contribution in [0, 0.1) is 0 Å². The summed E-state index contributed by atoms with van der Waals surface area (Å²) in [5.74, 6) is -0.528. The van der Waals surface area contributed by atoms with Gasteiger partial charge in [-0.1, -0.05) is 13.3 Å². The van der Waals surface area contributed by atoms with Crippen molar-refractivity contribution in [3.8, 4) is 0 Å². The van der Waals surface area contributed by atoms with Crippen molar-refractivity contribution >= 4 is 25.6 Å². The number of halogens is 1. The van der Waals surface area contributed by atoms with Crippen LogP contribution in [-0.4, -0.2) is 43.8 Å². The molecule has 2 rings (SSSR count). The Balaban J connectivity index is 2.24. The number of ether oxygens (including phenoxy) is 1. The summed E-state index contributed by atoms with van der Waals surface area (Å²) in [4.78, 5) is 12.0. The third kappa shape index (κ3) is 3.96. The van der Waals surface area contributed by atoms with Crippen LogP contribution in [0.5, 0.6) is 0 Å². The molecule has 9 heteroatoms. The lowest BCUT2D eigenvalue weighted by Gasteiger charge is -2.22. The molecule has 0 aliphatic carbocycles. The molecular weight excluding hydrogens is 318 g/mol. The number of H-pyrrole nitrogens is 1. The number of aromatic nitrogens is 2. The predicted octanol–water partition coefficient (Wildman–Crippen LogP) is 1.20. The number of hydrogen-bond donors (Lipinski definition) is 2. The molecule has 1 aliphatic rings. The van der Waals surface area contributed by atoms with Gasteiger partial charge < -0.3 is 10.1 Å². The van der Waals surface area contributed by atoms with E-state index in [1.54, 1.807) is 0 Å². The molecule has 1 aromatic rings. The second kappa shape index (κ2) is 6.76. The summed E-state index contributed by atoms with van der Waals surface area (Å²) in [5.41, 5.74) is 0.199. The summed E-state index contributed by atoms with van der Waals surface area (Å²) in [5, 5.41) is 9.21. The fraction of sp³-hybridized carbons (Fsp3) is 0.667. The van der Waals surface area contributed by atoms with Crippen molar-refractivity contribution in [2.75, 3.05) is 13.2 Å². The van der Waals surface area contributed by atoms with Gasteiger partial charge in [0.15, 0.2) is 5.69 Å². The summed E-state index contributed by atoms with van der Waals surface area (Å²) in [6.07, 6.45) is 2.56. The SMILES string of the molecule is CCCc1[nH]nc(C(=O)NC2CCOCC2)c1S(=O)(=O)Cl. The largest absolute Gasteiger partial charge is 0.381 e. The lowest BCUT2D eigenvalue weighted by Crippen LogP contribution is -2.39. The molecule has 1 aromatic heterocycles. The highest BCUT2D eigenvalue weighted by atomic mass is 35.7. The Morgan fingerprint density at radius 2 is 2.14 bits per heavy atom. The maximum Gasteiger partial charge on any atom is 0.273 e. The topological polar surface area (TPSA) is 101 Å². The minimum Gasteiger partial charge on any atom is -0.381 e. The normalized spacial score (nSPS) is 16.9. The van der Waals surface area contributed by atoms with Gasteiger partial charge in [0.25, 0.3) is 15.0 Å². The van der Waals surface area contributed by atoms with E-state index in [2.05, 4.69) is 15.5 Å². The van der Waals surface area contributed by atoms with Crippen molar-refractivity contribution in [2.45, 2.75) is 43.5 Å². The predicted molar refractivity (Wildman–Crippen MR) is 76.9 cm³/mol. The fourth-order valence-corrected chi connectivity index (χ4v) is 3.61. The molecule has 0 spiro atoms. The number of aryl methyl sites for hydroxylation is 1. The van der Waals surface area contributed by atoms with E-state index in [1.165, 1.54) is 0 Å². The number of carbonyl (C=O) groups is 1. The molecule has 0 unspecified atom stereocenters. The van der Waals surface area contributed by atoms with Crippen molar-refractivity contribution in [2.24, 2.45) is 0 Å². The van der Waals surface area contributed by atoms with E-state index in [0.717, 1.165) is 0 Å². The highest BCUT2D eigenvalue weighted by Gasteiger charge is 2.29. The summed E-state index contributed by atoms with van der Waals surface area (Å²) in [7, 11) is 1.41. The first kappa shape index (κ1) is 16.3. The maximum atomic E-state index is 12.2. The van der Waals surface area contributed by atoms with Gasteiger partial charge in [0.2, 0.25) is 0 Å². The van der Waals surface area contributed by atoms with Crippen LogP contribution in [0.15, 0.2) is 4.90 Å². The molecule has 0 saturated carbocycles. The van der Waals surface area contributed by atoms with Gasteiger partial charge in [-0.3, -0.25) is 9.89 Å². The highest BCUT2D eigenvalue weighted by molar-refractivity contribution is 8.13. The van der Waals surface area contributed by atoms with Crippen molar-refractivity contribution in [3.05, 3.63) is 11.4 Å². The molecule has 2 heterocycles. The number of aromatic amines is 1. The Bertz CT molecular complexity index is 608. The first-order chi connectivity index (χ1) is 9.93. The molecule has 118 valence electrons. The zero-order chi connectivity index (χ0) is 15.5. The third-order valence-corrected chi connectivity index (χ3v) is 4.70. The van der Waals surface area contributed by atoms with Crippen LogP contribution in [0.2, 0.25) is 0 Å². The van der Waals surface area contributed by atoms with E-state index in [-0.39, 0.29) is 16.6 Å². The molecule has 7 nitrogen and oxygen atoms in total. The Hall–Kier alpha value is -1.12. The van der Waals surface area contributed by atoms with Gasteiger partial charge in [0.05, 0.1) is 5.69 Å². The first-order valence-electron chi connectivity index (χ1n) is 6.84. The van der Waals surface area contributed by atoms with Crippen molar-refractivity contribution in [1.29, 1.82) is 0 Å². The quantitative estimate of drug-likeness (QED) is 0.787. The Morgan fingerprint density at radius 3 is 2.71 bits per heavy atom. The van der Waals surface area contributed by atoms with E-state index in [0.29, 0.717) is 44.6 Å². The molecule has 1 amide bonds. The number of hydrogen-bond acceptors (Lipinski definition) is 5. The standard InChI is InChI=1S/C12H18ClN3O4S/c1-2-3-9-11(21(13,18)19)10(16-15-9)12(17)14-8-4-6-20-7-5-8/h8H,2-7H2,1H3,(H,14,17)(H,15,16). The number of amides is 1. The molecule has 1 saturated heterocycles. The minimum atomic E-state index is -4.04. The monoisotopic (exact) mass is 335 g/mol. The minimum absolute atomic E-state index is 0.0385. The highest BCUT2D eigenvalue weighted by Crippen LogP contribution is 2.24. The number of carbonyl (C=O) groups excluding carboxylic acids is 1. The second-order valence-electron chi connectivity index (χ2n) is 4.93. The Kier molecular flexibility index (Phi) is 5.23. The Labute approximate surface area is 127 Å². The third-order valence-electron chi connectivity index (χ3n) is 3.31. The van der Waals surface area contributed by atoms with Gasteiger partial charge >= 0.3 is 0 Å². The van der Waals surface area contributed by atoms with Gasteiger partial charge in [0.1, 0.15) is 4.90 Å². The number of nitrogens with one attached hydrogen (secondary N) is 2. The van der Waals surface area contributed by atoms with Crippen LogP contribution in [0.3, 0.4) is 0 Å². The van der Waals surface area contributed by atoms with E-state index in [1.807, 2.05) is 6.92 Å². The first-order valence-corrected chi connectivity index (χ1v) is 9.15. The zero-order valence-electron chi connectivity index (χ0n) is 11.7. The van der Waals surface area contributed by atoms with E-state index in [4.69, 9.17) is 15.4 Å². The molecule has 0 aromatic carbocycles. The molecule has 0 radical (unpaired) electrons. The van der Waals surface area contributed by atoms with Crippen LogP contribution >= 0.6 is 10.7 Å². The fourth-order valence-electron chi connectivity index (χ4n) is 2.30. The molecule has 0 bridgehead atoms. The van der Waals surface area contributed by atoms with Crippen molar-refractivity contribution < 1.29 is 17.9 Å². The zero-order valence-corrected chi connectivity index (χ0v) is 13.3. The summed E-state index contributed by atoms with van der Waals surface area (Å²) in [6, 6.07) is -0.0385. The summed E-state index contributed by atoms with van der Waals surface area (Å²) in [6.45, 7) is 3.05. The maximum absolute atomic E-state index is 12.2. The van der Waals surface area contributed by atoms with Gasteiger partial charge in [-0.25, -0.2) is 8.42 Å². The molecule has 1 aliphatic heterocycles. The van der Waals surface area contributed by atoms with Crippen LogP contribution < -0.4 is 5.32 Å². The average molecular weight is 336 g/mol. The second-order valence-corrected chi connectivity index (χ2v) is 7.43. The van der Waals surface area contributed by atoms with E-state index in [9.17, 15) is 13.2 Å². The Morgan fingerprint density at radius 1 is 1.48 bits per heavy atom. The number of nitrogens with zero attached hydrogens (tertiary/aromatic N) is 1. The van der Waals surface area contributed by atoms with Crippen LogP contribution in [-0.2, 0) is 20.2 Å². The lowest BCUT2D eigenvalue weighted by molar-refractivity contribution is 0.0692. The average Bonchev–Trinajstić information content (AvgIpc) is 2.84. The molecular formula is C12H18ClN3O4S. The van der Waals surface area contributed by atoms with E-state index >= 15 is 0 Å². The van der Waals surface area contributed by atoms with Crippen LogP contribution in [0.25, 0.3) is 0 Å². The molecule has 1 fully saturated rings. The number of rotatable bonds is 5.